The van der Waals surface area contributed by atoms with Crippen molar-refractivity contribution in [3.63, 3.8) is 0 Å². The minimum atomic E-state index is -0.219. The van der Waals surface area contributed by atoms with E-state index in [-0.39, 0.29) is 18.1 Å². The van der Waals surface area contributed by atoms with Crippen LogP contribution in [0.25, 0.3) is 11.1 Å². The Morgan fingerprint density at radius 1 is 1.09 bits per heavy atom. The molecule has 1 N–H and O–H groups in total. The van der Waals surface area contributed by atoms with Crippen LogP contribution in [0, 0.1) is 18.3 Å². The lowest BCUT2D eigenvalue weighted by Crippen LogP contribution is -2.46. The molecule has 2 unspecified atom stereocenters. The van der Waals surface area contributed by atoms with Crippen LogP contribution in [-0.2, 0) is 4.74 Å². The largest absolute Gasteiger partial charge is 0.372 e. The summed E-state index contributed by atoms with van der Waals surface area (Å²) in [6.45, 7) is 7.45. The van der Waals surface area contributed by atoms with Gasteiger partial charge in [0, 0.05) is 18.7 Å². The van der Waals surface area contributed by atoms with E-state index >= 15 is 0 Å². The summed E-state index contributed by atoms with van der Waals surface area (Å²) in [5, 5.41) is 11.9. The second kappa shape index (κ2) is 9.16. The number of nitriles is 1. The molecule has 162 valence electrons. The molecule has 1 amide bonds. The third-order valence-electron chi connectivity index (χ3n) is 5.50. The summed E-state index contributed by atoms with van der Waals surface area (Å²) >= 11 is 0. The molecule has 0 spiro atoms. The van der Waals surface area contributed by atoms with Gasteiger partial charge in [-0.3, -0.25) is 4.79 Å². The minimum absolute atomic E-state index is 0.119. The molecular formula is C25H25N5O2. The molecule has 7 nitrogen and oxygen atoms in total. The standard InChI is InChI=1S/C25H25N5O2/c1-16-14-30(15-17(2)32-16)25-27-12-21(13-28-25)29-24(31)23-6-4-5-22(18(23)3)20-9-7-19(11-26)8-10-20/h4-10,12-13,16-17H,14-15H2,1-3H3,(H,29,31). The number of carbonyl (C=O) groups is 1. The maximum atomic E-state index is 13.0. The molecule has 0 saturated carbocycles. The number of rotatable bonds is 4. The van der Waals surface area contributed by atoms with Crippen LogP contribution in [0.1, 0.15) is 35.3 Å². The molecule has 32 heavy (non-hydrogen) atoms. The van der Waals surface area contributed by atoms with Crippen LogP contribution in [0.2, 0.25) is 0 Å². The molecular weight excluding hydrogens is 402 g/mol. The number of hydrogen-bond acceptors (Lipinski definition) is 6. The molecule has 2 heterocycles. The highest BCUT2D eigenvalue weighted by molar-refractivity contribution is 6.06. The predicted molar refractivity (Wildman–Crippen MR) is 124 cm³/mol. The van der Waals surface area contributed by atoms with Crippen LogP contribution in [0.4, 0.5) is 11.6 Å². The second-order valence-corrected chi connectivity index (χ2v) is 8.06. The summed E-state index contributed by atoms with van der Waals surface area (Å²) < 4.78 is 5.76. The van der Waals surface area contributed by atoms with Crippen LogP contribution in [0.5, 0.6) is 0 Å². The summed E-state index contributed by atoms with van der Waals surface area (Å²) in [5.74, 6) is 0.409. The van der Waals surface area contributed by atoms with Crippen molar-refractivity contribution in [1.82, 2.24) is 9.97 Å². The predicted octanol–water partition coefficient (Wildman–Crippen LogP) is 4.19. The Hall–Kier alpha value is -3.76. The van der Waals surface area contributed by atoms with Gasteiger partial charge in [-0.2, -0.15) is 5.26 Å². The summed E-state index contributed by atoms with van der Waals surface area (Å²) in [5.41, 5.74) is 4.48. The van der Waals surface area contributed by atoms with Gasteiger partial charge >= 0.3 is 0 Å². The highest BCUT2D eigenvalue weighted by Crippen LogP contribution is 2.27. The van der Waals surface area contributed by atoms with Gasteiger partial charge in [-0.15, -0.1) is 0 Å². The Labute approximate surface area is 187 Å². The van der Waals surface area contributed by atoms with E-state index < -0.39 is 0 Å². The van der Waals surface area contributed by atoms with Gasteiger partial charge in [-0.1, -0.05) is 24.3 Å². The van der Waals surface area contributed by atoms with Crippen LogP contribution in [0.3, 0.4) is 0 Å². The Kier molecular flexibility index (Phi) is 6.15. The molecule has 1 aromatic heterocycles. The van der Waals surface area contributed by atoms with Gasteiger partial charge in [0.2, 0.25) is 5.95 Å². The molecule has 0 radical (unpaired) electrons. The minimum Gasteiger partial charge on any atom is -0.372 e. The van der Waals surface area contributed by atoms with Gasteiger partial charge < -0.3 is 15.0 Å². The smallest absolute Gasteiger partial charge is 0.256 e. The molecule has 1 aliphatic rings. The van der Waals surface area contributed by atoms with Crippen molar-refractivity contribution in [1.29, 1.82) is 5.26 Å². The van der Waals surface area contributed by atoms with Crippen LogP contribution >= 0.6 is 0 Å². The molecule has 1 aliphatic heterocycles. The highest BCUT2D eigenvalue weighted by Gasteiger charge is 2.24. The Morgan fingerprint density at radius 3 is 2.38 bits per heavy atom. The fourth-order valence-electron chi connectivity index (χ4n) is 4.01. The number of nitrogens with zero attached hydrogens (tertiary/aromatic N) is 4. The van der Waals surface area contributed by atoms with Crippen molar-refractivity contribution in [3.05, 3.63) is 71.5 Å². The van der Waals surface area contributed by atoms with Crippen molar-refractivity contribution in [2.75, 3.05) is 23.3 Å². The maximum Gasteiger partial charge on any atom is 0.256 e. The molecule has 1 saturated heterocycles. The normalized spacial score (nSPS) is 18.1. The van der Waals surface area contributed by atoms with Crippen LogP contribution in [-0.4, -0.2) is 41.2 Å². The van der Waals surface area contributed by atoms with Crippen molar-refractivity contribution in [2.24, 2.45) is 0 Å². The quantitative estimate of drug-likeness (QED) is 0.671. The van der Waals surface area contributed by atoms with E-state index in [2.05, 4.69) is 26.3 Å². The van der Waals surface area contributed by atoms with E-state index in [9.17, 15) is 4.79 Å². The SMILES string of the molecule is Cc1c(C(=O)Nc2cnc(N3CC(C)OC(C)C3)nc2)cccc1-c1ccc(C#N)cc1. The first-order chi connectivity index (χ1) is 15.4. The molecule has 4 rings (SSSR count). The average Bonchev–Trinajstić information content (AvgIpc) is 2.79. The Balaban J connectivity index is 1.50. The molecule has 3 aromatic rings. The van der Waals surface area contributed by atoms with Gasteiger partial charge in [-0.05, 0) is 55.7 Å². The molecule has 1 fully saturated rings. The zero-order valence-corrected chi connectivity index (χ0v) is 18.4. The molecule has 0 bridgehead atoms. The number of hydrogen-bond donors (Lipinski definition) is 1. The summed E-state index contributed by atoms with van der Waals surface area (Å²) in [6.07, 6.45) is 3.50. The molecule has 7 heteroatoms. The van der Waals surface area contributed by atoms with Crippen molar-refractivity contribution >= 4 is 17.5 Å². The molecule has 0 aliphatic carbocycles. The monoisotopic (exact) mass is 427 g/mol. The molecule has 2 atom stereocenters. The first-order valence-corrected chi connectivity index (χ1v) is 10.6. The maximum absolute atomic E-state index is 13.0. The number of amides is 1. The lowest BCUT2D eigenvalue weighted by Gasteiger charge is -2.35. The van der Waals surface area contributed by atoms with Gasteiger partial charge in [0.25, 0.3) is 5.91 Å². The number of benzene rings is 2. The Bertz CT molecular complexity index is 1140. The van der Waals surface area contributed by atoms with E-state index in [0.29, 0.717) is 22.8 Å². The zero-order valence-electron chi connectivity index (χ0n) is 18.4. The van der Waals surface area contributed by atoms with Crippen molar-refractivity contribution in [2.45, 2.75) is 33.0 Å². The fraction of sp³-hybridized carbons (Fsp3) is 0.280. The highest BCUT2D eigenvalue weighted by atomic mass is 16.5. The van der Waals surface area contributed by atoms with E-state index in [0.717, 1.165) is 29.8 Å². The van der Waals surface area contributed by atoms with E-state index in [4.69, 9.17) is 10.00 Å². The van der Waals surface area contributed by atoms with E-state index in [1.165, 1.54) is 0 Å². The molecule has 2 aromatic carbocycles. The lowest BCUT2D eigenvalue weighted by molar-refractivity contribution is -0.00571. The van der Waals surface area contributed by atoms with Gasteiger partial charge in [0.1, 0.15) is 0 Å². The van der Waals surface area contributed by atoms with E-state index in [1.807, 2.05) is 45.0 Å². The number of carbonyl (C=O) groups excluding carboxylic acids is 1. The number of ether oxygens (including phenoxy) is 1. The second-order valence-electron chi connectivity index (χ2n) is 8.06. The summed E-state index contributed by atoms with van der Waals surface area (Å²) in [6, 6.07) is 15.1. The number of anilines is 2. The summed E-state index contributed by atoms with van der Waals surface area (Å²) in [7, 11) is 0. The van der Waals surface area contributed by atoms with Crippen molar-refractivity contribution < 1.29 is 9.53 Å². The lowest BCUT2D eigenvalue weighted by atomic mass is 9.95. The first kappa shape index (κ1) is 21.5. The first-order valence-electron chi connectivity index (χ1n) is 10.6. The van der Waals surface area contributed by atoms with Gasteiger partial charge in [0.15, 0.2) is 0 Å². The number of morpholine rings is 1. The third-order valence-corrected chi connectivity index (χ3v) is 5.50. The third kappa shape index (κ3) is 4.61. The summed E-state index contributed by atoms with van der Waals surface area (Å²) in [4.78, 5) is 23.9. The van der Waals surface area contributed by atoms with Crippen LogP contribution in [0.15, 0.2) is 54.9 Å². The van der Waals surface area contributed by atoms with Gasteiger partial charge in [0.05, 0.1) is 41.9 Å². The van der Waals surface area contributed by atoms with E-state index in [1.54, 1.807) is 30.6 Å². The van der Waals surface area contributed by atoms with Crippen molar-refractivity contribution in [3.8, 4) is 17.2 Å². The van der Waals surface area contributed by atoms with Crippen LogP contribution < -0.4 is 10.2 Å². The fourth-order valence-corrected chi connectivity index (χ4v) is 4.01. The Morgan fingerprint density at radius 2 is 1.75 bits per heavy atom. The topological polar surface area (TPSA) is 91.1 Å². The zero-order chi connectivity index (χ0) is 22.7. The van der Waals surface area contributed by atoms with Gasteiger partial charge in [-0.25, -0.2) is 9.97 Å². The number of aromatic nitrogens is 2. The average molecular weight is 428 g/mol. The number of nitrogens with one attached hydrogen (secondary N) is 1.